The molecule has 0 amide bonds. The van der Waals surface area contributed by atoms with Gasteiger partial charge in [0.25, 0.3) is 0 Å². The Morgan fingerprint density at radius 3 is 1.57 bits per heavy atom. The summed E-state index contributed by atoms with van der Waals surface area (Å²) in [4.78, 5) is 0. The molecule has 1 unspecified atom stereocenters. The number of rotatable bonds is 4. The molecule has 14 heavy (non-hydrogen) atoms. The molecule has 0 heterocycles. The summed E-state index contributed by atoms with van der Waals surface area (Å²) in [6.07, 6.45) is 8.65. The van der Waals surface area contributed by atoms with Crippen LogP contribution in [0.2, 0.25) is 4.44 Å². The summed E-state index contributed by atoms with van der Waals surface area (Å²) in [5.41, 5.74) is 5.54. The SMILES string of the molecule is CC(N)CCC[CH2][Sn+3].C[S-].C[S-].C[S-]. The molecule has 0 aromatic carbocycles. The van der Waals surface area contributed by atoms with Crippen LogP contribution in [0.3, 0.4) is 0 Å². The van der Waals surface area contributed by atoms with Crippen molar-refractivity contribution in [1.29, 1.82) is 0 Å². The van der Waals surface area contributed by atoms with Crippen LogP contribution in [0, 0.1) is 0 Å². The van der Waals surface area contributed by atoms with Crippen molar-refractivity contribution in [1.82, 2.24) is 0 Å². The Labute approximate surface area is 121 Å². The molecular formula is C9H23NS3Sn. The van der Waals surface area contributed by atoms with Gasteiger partial charge in [-0.3, -0.25) is 0 Å². The zero-order valence-corrected chi connectivity index (χ0v) is 15.0. The van der Waals surface area contributed by atoms with Gasteiger partial charge in [0.15, 0.2) is 0 Å². The van der Waals surface area contributed by atoms with Gasteiger partial charge in [-0.25, -0.2) is 0 Å². The largest absolute Gasteiger partial charge is 0.796 e. The van der Waals surface area contributed by atoms with Gasteiger partial charge in [-0.2, -0.15) is 18.8 Å². The van der Waals surface area contributed by atoms with E-state index in [1.54, 1.807) is 41.3 Å². The van der Waals surface area contributed by atoms with Crippen LogP contribution in [0.5, 0.6) is 0 Å². The van der Waals surface area contributed by atoms with E-state index in [0.717, 1.165) is 0 Å². The van der Waals surface area contributed by atoms with Crippen LogP contribution >= 0.6 is 0 Å². The number of unbranched alkanes of at least 4 members (excludes halogenated alkanes) is 1. The molecule has 0 saturated heterocycles. The third kappa shape index (κ3) is 48.9. The summed E-state index contributed by atoms with van der Waals surface area (Å²) in [6, 6.07) is 0.414. The van der Waals surface area contributed by atoms with Gasteiger partial charge in [0.05, 0.1) is 0 Å². The van der Waals surface area contributed by atoms with Gasteiger partial charge in [-0.1, -0.05) is 0 Å². The molecule has 0 aliphatic heterocycles. The minimum atomic E-state index is 0.414. The molecule has 0 aliphatic rings. The van der Waals surface area contributed by atoms with Crippen molar-refractivity contribution in [2.45, 2.75) is 36.7 Å². The van der Waals surface area contributed by atoms with Crippen molar-refractivity contribution in [2.24, 2.45) is 5.73 Å². The van der Waals surface area contributed by atoms with E-state index in [2.05, 4.69) is 44.8 Å². The smallest absolute Gasteiger partial charge is 0.189 e. The van der Waals surface area contributed by atoms with Crippen molar-refractivity contribution < 1.29 is 0 Å². The summed E-state index contributed by atoms with van der Waals surface area (Å²) in [6.45, 7) is 2.07. The maximum Gasteiger partial charge on any atom is -0.189 e. The van der Waals surface area contributed by atoms with Crippen LogP contribution in [0.1, 0.15) is 26.2 Å². The molecule has 0 radical (unpaired) electrons. The summed E-state index contributed by atoms with van der Waals surface area (Å²) in [5, 5.41) is 0. The third-order valence-electron chi connectivity index (χ3n) is 1.09. The van der Waals surface area contributed by atoms with Crippen molar-refractivity contribution in [3.8, 4) is 0 Å². The average molecular weight is 360 g/mol. The van der Waals surface area contributed by atoms with E-state index in [4.69, 9.17) is 5.73 Å². The topological polar surface area (TPSA) is 26.0 Å². The predicted octanol–water partition coefficient (Wildman–Crippen LogP) is 1.58. The fourth-order valence-corrected chi connectivity index (χ4v) is 1.30. The first-order valence-electron chi connectivity index (χ1n) is 4.40. The van der Waals surface area contributed by atoms with E-state index in [-0.39, 0.29) is 0 Å². The maximum atomic E-state index is 5.54. The van der Waals surface area contributed by atoms with Gasteiger partial charge >= 0.3 is 64.9 Å². The van der Waals surface area contributed by atoms with Crippen LogP contribution in [-0.4, -0.2) is 47.3 Å². The summed E-state index contributed by atoms with van der Waals surface area (Å²) in [7, 11) is 0. The summed E-state index contributed by atoms with van der Waals surface area (Å²) >= 11 is 13.9. The molecule has 86 valence electrons. The first kappa shape index (κ1) is 24.9. The molecule has 0 aromatic rings. The molecular weight excluding hydrogens is 337 g/mol. The average Bonchev–Trinajstić information content (AvgIpc) is 2.27. The van der Waals surface area contributed by atoms with Gasteiger partial charge in [0.2, 0.25) is 0 Å². The standard InChI is InChI=1S/C6H14N.3CH4S.Sn/c1-3-4-5-6(2)7;3*1-2;/h6H,1,3-5,7H2,2H3;3*2H,1H3;/q;;;;+3/p-3. The van der Waals surface area contributed by atoms with Crippen LogP contribution in [0.15, 0.2) is 0 Å². The van der Waals surface area contributed by atoms with Crippen LogP contribution < -0.4 is 5.73 Å². The minimum absolute atomic E-state index is 0.414. The van der Waals surface area contributed by atoms with Crippen molar-refractivity contribution in [2.75, 3.05) is 18.8 Å². The second-order valence-corrected chi connectivity index (χ2v) is 3.65. The summed E-state index contributed by atoms with van der Waals surface area (Å²) < 4.78 is 1.39. The van der Waals surface area contributed by atoms with Gasteiger partial charge in [-0.15, -0.1) is 0 Å². The normalized spacial score (nSPS) is 9.29. The Balaban J connectivity index is -0.0000000708. The van der Waals surface area contributed by atoms with Gasteiger partial charge in [0.1, 0.15) is 0 Å². The first-order valence-corrected chi connectivity index (χ1v) is 8.86. The molecule has 1 nitrogen and oxygen atoms in total. The molecule has 2 N–H and O–H groups in total. The molecule has 0 spiro atoms. The Bertz CT molecular complexity index is 57.3. The third-order valence-corrected chi connectivity index (χ3v) is 2.10. The van der Waals surface area contributed by atoms with E-state index in [9.17, 15) is 0 Å². The Morgan fingerprint density at radius 1 is 1.00 bits per heavy atom. The number of nitrogens with two attached hydrogens (primary N) is 1. The van der Waals surface area contributed by atoms with Gasteiger partial charge in [-0.05, 0) is 0 Å². The number of hydrogen-bond acceptors (Lipinski definition) is 4. The van der Waals surface area contributed by atoms with E-state index in [1.807, 2.05) is 0 Å². The molecule has 0 saturated carbocycles. The fourth-order valence-electron chi connectivity index (χ4n) is 0.591. The molecule has 0 bridgehead atoms. The van der Waals surface area contributed by atoms with E-state index < -0.39 is 0 Å². The quantitative estimate of drug-likeness (QED) is 0.468. The van der Waals surface area contributed by atoms with E-state index in [0.29, 0.717) is 6.04 Å². The Morgan fingerprint density at radius 2 is 1.36 bits per heavy atom. The molecule has 0 fully saturated rings. The summed E-state index contributed by atoms with van der Waals surface area (Å²) in [5.74, 6) is 0. The van der Waals surface area contributed by atoms with Crippen LogP contribution in [-0.2, 0) is 37.9 Å². The van der Waals surface area contributed by atoms with Crippen LogP contribution in [0.25, 0.3) is 0 Å². The monoisotopic (exact) mass is 361 g/mol. The van der Waals surface area contributed by atoms with Crippen LogP contribution in [0.4, 0.5) is 0 Å². The van der Waals surface area contributed by atoms with Crippen molar-refractivity contribution in [3.63, 3.8) is 0 Å². The fraction of sp³-hybridized carbons (Fsp3) is 1.00. The zero-order valence-electron chi connectivity index (χ0n) is 9.71. The Hall–Kier alpha value is 1.81. The molecule has 0 aromatic heterocycles. The predicted molar refractivity (Wildman–Crippen MR) is 77.9 cm³/mol. The van der Waals surface area contributed by atoms with Crippen molar-refractivity contribution in [3.05, 3.63) is 0 Å². The Kier molecular flexibility index (Phi) is 64.6. The molecule has 1 atom stereocenters. The van der Waals surface area contributed by atoms with E-state index in [1.165, 1.54) is 23.7 Å². The molecule has 0 rings (SSSR count). The maximum absolute atomic E-state index is 5.54. The second kappa shape index (κ2) is 36.4. The van der Waals surface area contributed by atoms with Gasteiger partial charge < -0.3 is 37.9 Å². The zero-order chi connectivity index (χ0) is 12.4. The molecule has 0 aliphatic carbocycles. The first-order chi connectivity index (χ1) is 6.77. The van der Waals surface area contributed by atoms with Gasteiger partial charge in [0, 0.05) is 0 Å². The van der Waals surface area contributed by atoms with E-state index >= 15 is 0 Å². The second-order valence-electron chi connectivity index (χ2n) is 2.22. The number of hydrogen-bond donors (Lipinski definition) is 1. The van der Waals surface area contributed by atoms with Crippen molar-refractivity contribution >= 4 is 60.4 Å². The minimum Gasteiger partial charge on any atom is -0.796 e. The molecule has 5 heteroatoms.